The van der Waals surface area contributed by atoms with Crippen molar-refractivity contribution in [3.8, 4) is 6.07 Å². The van der Waals surface area contributed by atoms with Crippen LogP contribution in [0.3, 0.4) is 0 Å². The molecule has 4 rings (SSSR count). The molecule has 1 aromatic carbocycles. The molecule has 28 heavy (non-hydrogen) atoms. The van der Waals surface area contributed by atoms with Crippen LogP contribution < -0.4 is 5.32 Å². The van der Waals surface area contributed by atoms with E-state index in [9.17, 15) is 14.9 Å². The van der Waals surface area contributed by atoms with Crippen molar-refractivity contribution in [2.45, 2.75) is 0 Å². The van der Waals surface area contributed by atoms with E-state index in [1.54, 1.807) is 23.1 Å². The largest absolute Gasteiger partial charge is 0.378 e. The topological polar surface area (TPSA) is 94.8 Å². The zero-order valence-corrected chi connectivity index (χ0v) is 15.7. The smallest absolute Gasteiger partial charge is 0.266 e. The first-order valence-electron chi connectivity index (χ1n) is 8.73. The zero-order valence-electron chi connectivity index (χ0n) is 14.8. The lowest BCUT2D eigenvalue weighted by atomic mass is 10.0. The number of hydrogen-bond donors (Lipinski definition) is 1. The third kappa shape index (κ3) is 3.33. The Labute approximate surface area is 165 Å². The molecule has 7 nitrogen and oxygen atoms in total. The van der Waals surface area contributed by atoms with E-state index in [1.165, 1.54) is 11.3 Å². The highest BCUT2D eigenvalue weighted by Gasteiger charge is 2.30. The van der Waals surface area contributed by atoms with Crippen molar-refractivity contribution >= 4 is 34.7 Å². The van der Waals surface area contributed by atoms with E-state index in [2.05, 4.69) is 10.3 Å². The van der Waals surface area contributed by atoms with Gasteiger partial charge in [-0.1, -0.05) is 30.3 Å². The number of carbonyl (C=O) groups excluding carboxylic acids is 2. The average Bonchev–Trinajstić information content (AvgIpc) is 3.39. The van der Waals surface area contributed by atoms with Gasteiger partial charge in [-0.3, -0.25) is 9.59 Å². The minimum atomic E-state index is -0.370. The summed E-state index contributed by atoms with van der Waals surface area (Å²) in [6.45, 7) is 1.76. The molecule has 1 saturated heterocycles. The molecule has 1 fully saturated rings. The molecular formula is C20H16N4O3S. The molecule has 0 saturated carbocycles. The van der Waals surface area contributed by atoms with Crippen LogP contribution in [-0.2, 0) is 9.53 Å². The molecule has 2 aliphatic heterocycles. The van der Waals surface area contributed by atoms with Crippen LogP contribution in [0.4, 0.5) is 0 Å². The average molecular weight is 392 g/mol. The number of morpholine rings is 1. The highest BCUT2D eigenvalue weighted by molar-refractivity contribution is 7.12. The normalized spacial score (nSPS) is 17.4. The van der Waals surface area contributed by atoms with Gasteiger partial charge in [0.15, 0.2) is 0 Å². The van der Waals surface area contributed by atoms with Crippen molar-refractivity contribution in [1.82, 2.24) is 10.2 Å². The molecule has 0 aliphatic carbocycles. The Morgan fingerprint density at radius 2 is 1.89 bits per heavy atom. The van der Waals surface area contributed by atoms with Crippen LogP contribution in [0.2, 0.25) is 0 Å². The molecule has 2 amide bonds. The minimum Gasteiger partial charge on any atom is -0.378 e. The Morgan fingerprint density at radius 3 is 2.57 bits per heavy atom. The predicted molar refractivity (Wildman–Crippen MR) is 105 cm³/mol. The van der Waals surface area contributed by atoms with E-state index in [1.807, 2.05) is 29.6 Å². The van der Waals surface area contributed by atoms with Gasteiger partial charge < -0.3 is 15.0 Å². The van der Waals surface area contributed by atoms with Crippen LogP contribution >= 0.6 is 11.3 Å². The monoisotopic (exact) mass is 392 g/mol. The molecule has 0 unspecified atom stereocenters. The van der Waals surface area contributed by atoms with Crippen LogP contribution in [0, 0.1) is 11.3 Å². The summed E-state index contributed by atoms with van der Waals surface area (Å²) in [6, 6.07) is 12.8. The van der Waals surface area contributed by atoms with Gasteiger partial charge in [0.2, 0.25) is 0 Å². The van der Waals surface area contributed by atoms with Crippen molar-refractivity contribution in [1.29, 1.82) is 5.26 Å². The lowest BCUT2D eigenvalue weighted by molar-refractivity contribution is -0.130. The van der Waals surface area contributed by atoms with Gasteiger partial charge >= 0.3 is 0 Å². The molecule has 0 atom stereocenters. The lowest BCUT2D eigenvalue weighted by Crippen LogP contribution is -2.41. The molecule has 0 radical (unpaired) electrons. The number of benzene rings is 1. The number of thiophene rings is 1. The Morgan fingerprint density at radius 1 is 1.14 bits per heavy atom. The Bertz CT molecular complexity index is 1030. The van der Waals surface area contributed by atoms with Crippen molar-refractivity contribution in [3.63, 3.8) is 0 Å². The number of fused-ring (bicyclic) bond motifs is 1. The first-order valence-corrected chi connectivity index (χ1v) is 9.61. The summed E-state index contributed by atoms with van der Waals surface area (Å²) in [5.74, 6) is -0.306. The number of nitrogens with one attached hydrogen (secondary N) is 1. The summed E-state index contributed by atoms with van der Waals surface area (Å²) in [7, 11) is 0. The van der Waals surface area contributed by atoms with Gasteiger partial charge in [-0.15, -0.1) is 11.3 Å². The number of amides is 2. The number of amidine groups is 1. The van der Waals surface area contributed by atoms with Crippen LogP contribution in [0.15, 0.2) is 52.3 Å². The second-order valence-corrected chi connectivity index (χ2v) is 7.13. The molecule has 3 heterocycles. The number of ether oxygens (including phenoxy) is 1. The third-order valence-electron chi connectivity index (χ3n) is 4.50. The van der Waals surface area contributed by atoms with E-state index in [0.29, 0.717) is 48.1 Å². The number of nitriles is 1. The standard InChI is InChI=1S/C20H16N4O3S/c21-12-15(20(26)24-7-9-27-10-8-24)17-13-4-1-2-5-14(13)18(22-17)23-19(25)16-6-3-11-28-16/h1-6,11H,7-10H2,(H,22,23,25). The fourth-order valence-corrected chi connectivity index (χ4v) is 3.74. The number of aliphatic imine (C=N–C) groups is 1. The third-order valence-corrected chi connectivity index (χ3v) is 5.37. The molecule has 1 aromatic heterocycles. The van der Waals surface area contributed by atoms with Gasteiger partial charge in [-0.25, -0.2) is 4.99 Å². The summed E-state index contributed by atoms with van der Waals surface area (Å²) in [5.41, 5.74) is 1.60. The quantitative estimate of drug-likeness (QED) is 0.625. The highest BCUT2D eigenvalue weighted by Crippen LogP contribution is 2.31. The Kier molecular flexibility index (Phi) is 5.02. The van der Waals surface area contributed by atoms with Crippen molar-refractivity contribution in [2.24, 2.45) is 4.99 Å². The minimum absolute atomic E-state index is 0.0327. The first kappa shape index (κ1) is 18.1. The molecule has 2 aliphatic rings. The summed E-state index contributed by atoms with van der Waals surface area (Å²) in [6.07, 6.45) is 0. The zero-order chi connectivity index (χ0) is 19.5. The van der Waals surface area contributed by atoms with Gasteiger partial charge in [0.05, 0.1) is 23.8 Å². The van der Waals surface area contributed by atoms with Crippen LogP contribution in [0.1, 0.15) is 20.8 Å². The fourth-order valence-electron chi connectivity index (χ4n) is 3.12. The van der Waals surface area contributed by atoms with Gasteiger partial charge in [0, 0.05) is 24.2 Å². The van der Waals surface area contributed by atoms with E-state index < -0.39 is 0 Å². The molecule has 1 N–H and O–H groups in total. The summed E-state index contributed by atoms with van der Waals surface area (Å²) >= 11 is 1.33. The van der Waals surface area contributed by atoms with Crippen molar-refractivity contribution < 1.29 is 14.3 Å². The van der Waals surface area contributed by atoms with Gasteiger partial charge in [-0.2, -0.15) is 5.26 Å². The molecule has 0 spiro atoms. The van der Waals surface area contributed by atoms with Gasteiger partial charge in [0.1, 0.15) is 17.5 Å². The highest BCUT2D eigenvalue weighted by atomic mass is 32.1. The molecule has 8 heteroatoms. The first-order chi connectivity index (χ1) is 13.7. The number of rotatable bonds is 2. The molecular weight excluding hydrogens is 376 g/mol. The van der Waals surface area contributed by atoms with E-state index in [-0.39, 0.29) is 23.1 Å². The van der Waals surface area contributed by atoms with E-state index in [0.717, 1.165) is 0 Å². The molecule has 140 valence electrons. The second-order valence-electron chi connectivity index (χ2n) is 6.18. The maximum Gasteiger partial charge on any atom is 0.266 e. The maximum atomic E-state index is 12.9. The Balaban J connectivity index is 1.72. The molecule has 2 aromatic rings. The van der Waals surface area contributed by atoms with E-state index in [4.69, 9.17) is 4.74 Å². The Hall–Kier alpha value is -3.28. The van der Waals surface area contributed by atoms with Gasteiger partial charge in [0.25, 0.3) is 11.8 Å². The van der Waals surface area contributed by atoms with Crippen LogP contribution in [0.25, 0.3) is 5.70 Å². The lowest BCUT2D eigenvalue weighted by Gasteiger charge is -2.26. The van der Waals surface area contributed by atoms with Crippen molar-refractivity contribution in [3.05, 3.63) is 63.4 Å². The number of carbonyl (C=O) groups is 2. The predicted octanol–water partition coefficient (Wildman–Crippen LogP) is 2.03. The van der Waals surface area contributed by atoms with Gasteiger partial charge in [-0.05, 0) is 11.4 Å². The van der Waals surface area contributed by atoms with Crippen LogP contribution in [-0.4, -0.2) is 48.9 Å². The SMILES string of the molecule is N#CC(C(=O)N1CCOCC1)=C1N=C(NC(=O)c2cccs2)c2ccccc21. The summed E-state index contributed by atoms with van der Waals surface area (Å²) in [5, 5.41) is 14.3. The number of nitrogens with zero attached hydrogens (tertiary/aromatic N) is 3. The van der Waals surface area contributed by atoms with E-state index >= 15 is 0 Å². The molecule has 0 bridgehead atoms. The summed E-state index contributed by atoms with van der Waals surface area (Å²) < 4.78 is 5.27. The van der Waals surface area contributed by atoms with Crippen molar-refractivity contribution in [2.75, 3.05) is 26.3 Å². The fraction of sp³-hybridized carbons (Fsp3) is 0.200. The second kappa shape index (κ2) is 7.76. The maximum absolute atomic E-state index is 12.9. The number of hydrogen-bond acceptors (Lipinski definition) is 6. The van der Waals surface area contributed by atoms with Crippen LogP contribution in [0.5, 0.6) is 0 Å². The summed E-state index contributed by atoms with van der Waals surface area (Å²) in [4.78, 5) is 31.9.